The number of fused-ring (bicyclic) bond motifs is 5. The number of Topliss-reactive ketones (excluding diaryl/α,β-unsaturated/α-hetero) is 1. The van der Waals surface area contributed by atoms with Crippen molar-refractivity contribution in [1.82, 2.24) is 0 Å². The predicted molar refractivity (Wildman–Crippen MR) is 97.1 cm³/mol. The van der Waals surface area contributed by atoms with E-state index in [-0.39, 0.29) is 16.6 Å². The summed E-state index contributed by atoms with van der Waals surface area (Å²) < 4.78 is 5.95. The van der Waals surface area contributed by atoms with Gasteiger partial charge >= 0.3 is 0 Å². The van der Waals surface area contributed by atoms with E-state index in [1.54, 1.807) is 14.0 Å². The van der Waals surface area contributed by atoms with E-state index in [0.29, 0.717) is 30.0 Å². The number of allylic oxidation sites excluding steroid dienone is 1. The molecule has 6 unspecified atom stereocenters. The third kappa shape index (κ3) is 2.08. The average molecular weight is 344 g/mol. The second kappa shape index (κ2) is 5.52. The van der Waals surface area contributed by atoms with Crippen LogP contribution < -0.4 is 0 Å². The first kappa shape index (κ1) is 17.5. The molecule has 4 aliphatic rings. The number of carbonyl (C=O) groups is 2. The summed E-state index contributed by atoms with van der Waals surface area (Å²) in [5.74, 6) is 2.45. The minimum Gasteiger partial charge on any atom is -0.370 e. The number of ketones is 2. The molecule has 0 saturated heterocycles. The highest BCUT2D eigenvalue weighted by Crippen LogP contribution is 2.68. The first-order chi connectivity index (χ1) is 11.8. The Labute approximate surface area is 151 Å². The Kier molecular flexibility index (Phi) is 3.85. The molecule has 0 aromatic heterocycles. The lowest BCUT2D eigenvalue weighted by Gasteiger charge is -2.59. The van der Waals surface area contributed by atoms with Gasteiger partial charge in [0.2, 0.25) is 0 Å². The highest BCUT2D eigenvalue weighted by Gasteiger charge is 2.66. The van der Waals surface area contributed by atoms with Crippen LogP contribution in [-0.2, 0) is 14.3 Å². The van der Waals surface area contributed by atoms with E-state index in [4.69, 9.17) is 4.74 Å². The Hall–Kier alpha value is -0.960. The van der Waals surface area contributed by atoms with Crippen molar-refractivity contribution in [2.45, 2.75) is 77.7 Å². The van der Waals surface area contributed by atoms with Crippen LogP contribution in [0.3, 0.4) is 0 Å². The van der Waals surface area contributed by atoms with E-state index in [9.17, 15) is 9.59 Å². The highest BCUT2D eigenvalue weighted by atomic mass is 16.5. The van der Waals surface area contributed by atoms with Crippen molar-refractivity contribution in [3.63, 3.8) is 0 Å². The van der Waals surface area contributed by atoms with Gasteiger partial charge in [0.1, 0.15) is 5.60 Å². The van der Waals surface area contributed by atoms with Gasteiger partial charge in [0.05, 0.1) is 0 Å². The van der Waals surface area contributed by atoms with Crippen LogP contribution in [0.25, 0.3) is 0 Å². The Morgan fingerprint density at radius 1 is 1.08 bits per heavy atom. The molecule has 3 nitrogen and oxygen atoms in total. The number of ether oxygens (including phenoxy) is 1. The Bertz CT molecular complexity index is 650. The predicted octanol–water partition coefficient (Wildman–Crippen LogP) is 4.49. The molecule has 25 heavy (non-hydrogen) atoms. The number of rotatable bonds is 2. The molecule has 4 rings (SSSR count). The molecule has 3 fully saturated rings. The first-order valence-corrected chi connectivity index (χ1v) is 10.1. The van der Waals surface area contributed by atoms with Crippen LogP contribution in [0.5, 0.6) is 0 Å². The molecule has 0 radical (unpaired) electrons. The smallest absolute Gasteiger partial charge is 0.162 e. The molecule has 0 aromatic rings. The van der Waals surface area contributed by atoms with Gasteiger partial charge in [0.15, 0.2) is 11.6 Å². The van der Waals surface area contributed by atoms with Crippen LogP contribution in [0.1, 0.15) is 72.1 Å². The average Bonchev–Trinajstić information content (AvgIpc) is 2.89. The van der Waals surface area contributed by atoms with Crippen LogP contribution in [-0.4, -0.2) is 24.3 Å². The maximum atomic E-state index is 12.6. The Morgan fingerprint density at radius 3 is 2.48 bits per heavy atom. The minimum absolute atomic E-state index is 0.0309. The minimum atomic E-state index is -0.581. The molecular formula is C22H32O3. The molecule has 0 spiro atoms. The van der Waals surface area contributed by atoms with Crippen LogP contribution in [0.2, 0.25) is 0 Å². The first-order valence-electron chi connectivity index (χ1n) is 10.1. The molecule has 138 valence electrons. The number of hydrogen-bond acceptors (Lipinski definition) is 3. The van der Waals surface area contributed by atoms with Gasteiger partial charge in [0, 0.05) is 18.9 Å². The summed E-state index contributed by atoms with van der Waals surface area (Å²) in [6.07, 6.45) is 10.2. The second-order valence-corrected chi connectivity index (χ2v) is 9.55. The fraction of sp³-hybridized carbons (Fsp3) is 0.818. The lowest BCUT2D eigenvalue weighted by molar-refractivity contribution is -0.168. The number of methoxy groups -OCH3 is 1. The van der Waals surface area contributed by atoms with Crippen molar-refractivity contribution >= 4 is 11.6 Å². The third-order valence-electron chi connectivity index (χ3n) is 9.00. The lowest BCUT2D eigenvalue weighted by Crippen LogP contribution is -2.57. The Morgan fingerprint density at radius 2 is 1.80 bits per heavy atom. The molecule has 0 bridgehead atoms. The summed E-state index contributed by atoms with van der Waals surface area (Å²) >= 11 is 0. The topological polar surface area (TPSA) is 43.4 Å². The van der Waals surface area contributed by atoms with Gasteiger partial charge in [-0.3, -0.25) is 9.59 Å². The van der Waals surface area contributed by atoms with Gasteiger partial charge < -0.3 is 4.74 Å². The second-order valence-electron chi connectivity index (χ2n) is 9.55. The van der Waals surface area contributed by atoms with E-state index in [1.165, 1.54) is 12.0 Å². The van der Waals surface area contributed by atoms with Gasteiger partial charge in [-0.1, -0.05) is 19.4 Å². The van der Waals surface area contributed by atoms with Crippen molar-refractivity contribution in [2.24, 2.45) is 28.6 Å². The number of hydrogen-bond donors (Lipinski definition) is 0. The fourth-order valence-corrected chi connectivity index (χ4v) is 7.61. The molecule has 4 aliphatic carbocycles. The van der Waals surface area contributed by atoms with Gasteiger partial charge in [0.25, 0.3) is 0 Å². The molecular weight excluding hydrogens is 312 g/mol. The highest BCUT2D eigenvalue weighted by molar-refractivity contribution is 5.91. The zero-order valence-corrected chi connectivity index (χ0v) is 16.2. The van der Waals surface area contributed by atoms with Crippen molar-refractivity contribution in [3.05, 3.63) is 11.6 Å². The quantitative estimate of drug-likeness (QED) is 0.741. The zero-order valence-electron chi connectivity index (χ0n) is 16.2. The van der Waals surface area contributed by atoms with E-state index in [2.05, 4.69) is 13.8 Å². The maximum Gasteiger partial charge on any atom is 0.162 e. The molecule has 6 atom stereocenters. The van der Waals surface area contributed by atoms with Crippen molar-refractivity contribution < 1.29 is 14.3 Å². The molecule has 0 aromatic carbocycles. The normalized spacial score (nSPS) is 49.0. The van der Waals surface area contributed by atoms with Gasteiger partial charge in [-0.2, -0.15) is 0 Å². The third-order valence-corrected chi connectivity index (χ3v) is 9.00. The zero-order chi connectivity index (χ0) is 18.0. The van der Waals surface area contributed by atoms with Crippen molar-refractivity contribution in [1.29, 1.82) is 0 Å². The van der Waals surface area contributed by atoms with Gasteiger partial charge in [-0.15, -0.1) is 0 Å². The van der Waals surface area contributed by atoms with Crippen LogP contribution >= 0.6 is 0 Å². The van der Waals surface area contributed by atoms with E-state index in [0.717, 1.165) is 38.5 Å². The SMILES string of the molecule is COC1(C(C)=O)CCC2C3CCC4=CC(=O)CCC4(C)C3CCC21C. The monoisotopic (exact) mass is 344 g/mol. The molecule has 3 saturated carbocycles. The van der Waals surface area contributed by atoms with Crippen molar-refractivity contribution in [2.75, 3.05) is 7.11 Å². The summed E-state index contributed by atoms with van der Waals surface area (Å²) in [5.41, 5.74) is 1.00. The molecule has 0 amide bonds. The summed E-state index contributed by atoms with van der Waals surface area (Å²) in [5, 5.41) is 0. The van der Waals surface area contributed by atoms with E-state index < -0.39 is 5.60 Å². The number of carbonyl (C=O) groups excluding carboxylic acids is 2. The molecule has 0 heterocycles. The largest absolute Gasteiger partial charge is 0.370 e. The molecule has 0 aliphatic heterocycles. The standard InChI is InChI=1S/C22H32O3/c1-14(23)22(25-4)12-9-19-17-6-5-15-13-16(24)7-10-20(15,2)18(17)8-11-21(19,22)3/h13,17-19H,5-12H2,1-4H3. The van der Waals surface area contributed by atoms with Crippen LogP contribution in [0.4, 0.5) is 0 Å². The molecule has 3 heteroatoms. The summed E-state index contributed by atoms with van der Waals surface area (Å²) in [6.45, 7) is 6.46. The van der Waals surface area contributed by atoms with Gasteiger partial charge in [-0.25, -0.2) is 0 Å². The van der Waals surface area contributed by atoms with Crippen LogP contribution in [0.15, 0.2) is 11.6 Å². The van der Waals surface area contributed by atoms with Gasteiger partial charge in [-0.05, 0) is 81.1 Å². The summed E-state index contributed by atoms with van der Waals surface area (Å²) in [7, 11) is 1.73. The molecule has 0 N–H and O–H groups in total. The van der Waals surface area contributed by atoms with Crippen LogP contribution in [0, 0.1) is 28.6 Å². The van der Waals surface area contributed by atoms with E-state index >= 15 is 0 Å². The van der Waals surface area contributed by atoms with Crippen molar-refractivity contribution in [3.8, 4) is 0 Å². The Balaban J connectivity index is 1.70. The fourth-order valence-electron chi connectivity index (χ4n) is 7.61. The summed E-state index contributed by atoms with van der Waals surface area (Å²) in [4.78, 5) is 24.5. The summed E-state index contributed by atoms with van der Waals surface area (Å²) in [6, 6.07) is 0. The lowest BCUT2D eigenvalue weighted by atomic mass is 9.46. The van der Waals surface area contributed by atoms with E-state index in [1.807, 2.05) is 6.08 Å². The maximum absolute atomic E-state index is 12.6.